The van der Waals surface area contributed by atoms with Crippen molar-refractivity contribution in [2.24, 2.45) is 0 Å². The van der Waals surface area contributed by atoms with E-state index in [2.05, 4.69) is 15.9 Å². The number of methoxy groups -OCH3 is 1. The fourth-order valence-corrected chi connectivity index (χ4v) is 2.52. The predicted molar refractivity (Wildman–Crippen MR) is 68.8 cm³/mol. The lowest BCUT2D eigenvalue weighted by Gasteiger charge is -2.18. The van der Waals surface area contributed by atoms with Crippen molar-refractivity contribution in [1.29, 1.82) is 0 Å². The Labute approximate surface area is 108 Å². The van der Waals surface area contributed by atoms with Gasteiger partial charge in [-0.15, -0.1) is 0 Å². The second-order valence-electron chi connectivity index (χ2n) is 3.93. The van der Waals surface area contributed by atoms with E-state index >= 15 is 0 Å². The molecular weight excluding hydrogens is 288 g/mol. The van der Waals surface area contributed by atoms with Crippen LogP contribution in [0.4, 0.5) is 11.4 Å². The summed E-state index contributed by atoms with van der Waals surface area (Å²) in [6.07, 6.45) is 2.15. The highest BCUT2D eigenvalue weighted by Crippen LogP contribution is 2.41. The zero-order valence-electron chi connectivity index (χ0n) is 9.48. The van der Waals surface area contributed by atoms with Crippen molar-refractivity contribution in [2.45, 2.75) is 12.8 Å². The first kappa shape index (κ1) is 12.2. The van der Waals surface area contributed by atoms with Crippen LogP contribution < -0.4 is 9.64 Å². The van der Waals surface area contributed by atoms with Crippen LogP contribution in [0.1, 0.15) is 12.8 Å². The fourth-order valence-electron chi connectivity index (χ4n) is 2.10. The van der Waals surface area contributed by atoms with Gasteiger partial charge in [-0.1, -0.05) is 15.9 Å². The monoisotopic (exact) mass is 300 g/mol. The first-order valence-corrected chi connectivity index (χ1v) is 6.19. The van der Waals surface area contributed by atoms with Crippen LogP contribution in [0.2, 0.25) is 0 Å². The van der Waals surface area contributed by atoms with Crippen molar-refractivity contribution in [1.82, 2.24) is 0 Å². The first-order chi connectivity index (χ1) is 8.13. The molecule has 92 valence electrons. The van der Waals surface area contributed by atoms with Crippen molar-refractivity contribution >= 4 is 27.3 Å². The van der Waals surface area contributed by atoms with E-state index in [4.69, 9.17) is 4.74 Å². The minimum atomic E-state index is -0.376. The van der Waals surface area contributed by atoms with Gasteiger partial charge in [0.1, 0.15) is 5.69 Å². The second kappa shape index (κ2) is 4.91. The SMILES string of the molecule is COc1cc(Br)cc(N2CCCC2)c1[N+](=O)[O-]. The van der Waals surface area contributed by atoms with Gasteiger partial charge in [0.2, 0.25) is 0 Å². The Morgan fingerprint density at radius 1 is 1.41 bits per heavy atom. The molecule has 0 radical (unpaired) electrons. The Bertz CT molecular complexity index is 445. The van der Waals surface area contributed by atoms with Gasteiger partial charge >= 0.3 is 5.69 Å². The molecule has 0 aliphatic carbocycles. The molecule has 0 N–H and O–H groups in total. The van der Waals surface area contributed by atoms with Crippen LogP contribution in [0.15, 0.2) is 16.6 Å². The molecule has 0 amide bonds. The molecule has 0 saturated carbocycles. The summed E-state index contributed by atoms with van der Waals surface area (Å²) in [5.74, 6) is 0.297. The van der Waals surface area contributed by atoms with Gasteiger partial charge < -0.3 is 9.64 Å². The summed E-state index contributed by atoms with van der Waals surface area (Å²) in [5, 5.41) is 11.2. The summed E-state index contributed by atoms with van der Waals surface area (Å²) in [4.78, 5) is 12.8. The summed E-state index contributed by atoms with van der Waals surface area (Å²) < 4.78 is 5.88. The molecule has 0 atom stereocenters. The predicted octanol–water partition coefficient (Wildman–Crippen LogP) is 2.97. The lowest BCUT2D eigenvalue weighted by atomic mass is 10.2. The van der Waals surface area contributed by atoms with Gasteiger partial charge in [0.05, 0.1) is 12.0 Å². The van der Waals surface area contributed by atoms with Crippen molar-refractivity contribution in [3.63, 3.8) is 0 Å². The maximum Gasteiger partial charge on any atom is 0.334 e. The molecule has 1 aliphatic rings. The molecule has 1 aromatic carbocycles. The fraction of sp³-hybridized carbons (Fsp3) is 0.455. The summed E-state index contributed by atoms with van der Waals surface area (Å²) in [6.45, 7) is 1.72. The summed E-state index contributed by atoms with van der Waals surface area (Å²) in [5.41, 5.74) is 0.691. The van der Waals surface area contributed by atoms with Gasteiger partial charge in [0, 0.05) is 23.6 Å². The summed E-state index contributed by atoms with van der Waals surface area (Å²) >= 11 is 3.35. The molecule has 1 aliphatic heterocycles. The Morgan fingerprint density at radius 2 is 2.06 bits per heavy atom. The normalized spacial score (nSPS) is 15.1. The number of halogens is 1. The molecule has 1 heterocycles. The van der Waals surface area contributed by atoms with Crippen molar-refractivity contribution in [2.75, 3.05) is 25.1 Å². The molecule has 5 nitrogen and oxygen atoms in total. The molecule has 0 spiro atoms. The van der Waals surface area contributed by atoms with E-state index in [0.717, 1.165) is 30.4 Å². The standard InChI is InChI=1S/C11H13BrN2O3/c1-17-10-7-8(12)6-9(11(10)14(15)16)13-4-2-3-5-13/h6-7H,2-5H2,1H3. The molecule has 17 heavy (non-hydrogen) atoms. The molecule has 2 rings (SSSR count). The van der Waals surface area contributed by atoms with Crippen LogP contribution in [-0.2, 0) is 0 Å². The first-order valence-electron chi connectivity index (χ1n) is 5.40. The third-order valence-electron chi connectivity index (χ3n) is 2.87. The largest absolute Gasteiger partial charge is 0.490 e. The van der Waals surface area contributed by atoms with Gasteiger partial charge in [-0.2, -0.15) is 0 Å². The molecule has 0 bridgehead atoms. The van der Waals surface area contributed by atoms with Gasteiger partial charge in [0.15, 0.2) is 5.75 Å². The van der Waals surface area contributed by atoms with Crippen LogP contribution in [-0.4, -0.2) is 25.1 Å². The van der Waals surface area contributed by atoms with Crippen LogP contribution >= 0.6 is 15.9 Å². The second-order valence-corrected chi connectivity index (χ2v) is 4.84. The van der Waals surface area contributed by atoms with Gasteiger partial charge in [0.25, 0.3) is 0 Å². The Balaban J connectivity index is 2.54. The highest BCUT2D eigenvalue weighted by molar-refractivity contribution is 9.10. The van der Waals surface area contributed by atoms with E-state index in [0.29, 0.717) is 11.4 Å². The lowest BCUT2D eigenvalue weighted by molar-refractivity contribution is -0.385. The molecule has 1 fully saturated rings. The van der Waals surface area contributed by atoms with Crippen LogP contribution in [0.25, 0.3) is 0 Å². The molecule has 0 unspecified atom stereocenters. The Kier molecular flexibility index (Phi) is 3.51. The zero-order valence-corrected chi connectivity index (χ0v) is 11.1. The van der Waals surface area contributed by atoms with E-state index in [9.17, 15) is 10.1 Å². The molecular formula is C11H13BrN2O3. The van der Waals surface area contributed by atoms with Crippen LogP contribution in [0.3, 0.4) is 0 Å². The number of rotatable bonds is 3. The van der Waals surface area contributed by atoms with Crippen LogP contribution in [0, 0.1) is 10.1 Å². The maximum absolute atomic E-state index is 11.2. The number of ether oxygens (including phenoxy) is 1. The third-order valence-corrected chi connectivity index (χ3v) is 3.33. The highest BCUT2D eigenvalue weighted by atomic mass is 79.9. The Hall–Kier alpha value is -1.30. The number of nitro groups is 1. The van der Waals surface area contributed by atoms with Crippen molar-refractivity contribution in [3.05, 3.63) is 26.7 Å². The molecule has 0 aromatic heterocycles. The van der Waals surface area contributed by atoms with E-state index in [1.165, 1.54) is 7.11 Å². The molecule has 6 heteroatoms. The topological polar surface area (TPSA) is 55.6 Å². The smallest absolute Gasteiger partial charge is 0.334 e. The van der Waals surface area contributed by atoms with Gasteiger partial charge in [-0.3, -0.25) is 10.1 Å². The quantitative estimate of drug-likeness (QED) is 0.636. The summed E-state index contributed by atoms with van der Waals surface area (Å²) in [7, 11) is 1.45. The van der Waals surface area contributed by atoms with E-state index < -0.39 is 0 Å². The average Bonchev–Trinajstić information content (AvgIpc) is 2.80. The molecule has 1 aromatic rings. The van der Waals surface area contributed by atoms with Crippen molar-refractivity contribution in [3.8, 4) is 5.75 Å². The van der Waals surface area contributed by atoms with Gasteiger partial charge in [-0.05, 0) is 18.9 Å². The van der Waals surface area contributed by atoms with Gasteiger partial charge in [-0.25, -0.2) is 0 Å². The van der Waals surface area contributed by atoms with Crippen LogP contribution in [0.5, 0.6) is 5.75 Å². The van der Waals surface area contributed by atoms with Crippen molar-refractivity contribution < 1.29 is 9.66 Å². The highest BCUT2D eigenvalue weighted by Gasteiger charge is 2.27. The van der Waals surface area contributed by atoms with E-state index in [1.807, 2.05) is 4.90 Å². The zero-order chi connectivity index (χ0) is 12.4. The number of anilines is 1. The van der Waals surface area contributed by atoms with E-state index in [1.54, 1.807) is 12.1 Å². The number of nitrogens with zero attached hydrogens (tertiary/aromatic N) is 2. The minimum absolute atomic E-state index is 0.0533. The lowest BCUT2D eigenvalue weighted by Crippen LogP contribution is -2.19. The minimum Gasteiger partial charge on any atom is -0.490 e. The number of hydrogen-bond acceptors (Lipinski definition) is 4. The Morgan fingerprint density at radius 3 is 2.59 bits per heavy atom. The van der Waals surface area contributed by atoms with E-state index in [-0.39, 0.29) is 10.6 Å². The third kappa shape index (κ3) is 2.36. The summed E-state index contributed by atoms with van der Waals surface area (Å²) in [6, 6.07) is 3.41. The maximum atomic E-state index is 11.2. The molecule has 1 saturated heterocycles. The number of benzene rings is 1. The number of nitro benzene ring substituents is 1. The average molecular weight is 301 g/mol. The number of hydrogen-bond donors (Lipinski definition) is 0.